The Balaban J connectivity index is 1.81. The van der Waals surface area contributed by atoms with Crippen molar-refractivity contribution < 1.29 is 9.59 Å². The molecule has 0 bridgehead atoms. The summed E-state index contributed by atoms with van der Waals surface area (Å²) < 4.78 is 2.41. The molecule has 3 aromatic rings. The molecule has 6 nitrogen and oxygen atoms in total. The van der Waals surface area contributed by atoms with E-state index in [0.29, 0.717) is 16.2 Å². The van der Waals surface area contributed by atoms with Crippen LogP contribution >= 0.6 is 27.5 Å². The summed E-state index contributed by atoms with van der Waals surface area (Å²) in [5.74, 6) is -0.932. The van der Waals surface area contributed by atoms with E-state index in [1.165, 1.54) is 6.07 Å². The highest BCUT2D eigenvalue weighted by Crippen LogP contribution is 2.22. The number of aryl methyl sites for hydroxylation is 1. The Hall–Kier alpha value is -2.38. The highest BCUT2D eigenvalue weighted by molar-refractivity contribution is 9.10. The van der Waals surface area contributed by atoms with Crippen molar-refractivity contribution in [3.8, 4) is 0 Å². The average molecular weight is 408 g/mol. The molecule has 2 aromatic heterocycles. The molecule has 1 aromatic carbocycles. The van der Waals surface area contributed by atoms with Crippen LogP contribution in [0, 0.1) is 0 Å². The van der Waals surface area contributed by atoms with Crippen molar-refractivity contribution in [1.82, 2.24) is 20.4 Å². The van der Waals surface area contributed by atoms with Crippen LogP contribution in [-0.4, -0.2) is 21.4 Å². The number of fused-ring (bicyclic) bond motifs is 1. The molecule has 0 fully saturated rings. The number of carbonyl (C=O) groups is 2. The number of hydrogen-bond donors (Lipinski definition) is 2. The highest BCUT2D eigenvalue weighted by Gasteiger charge is 2.15. The van der Waals surface area contributed by atoms with Gasteiger partial charge in [-0.2, -0.15) is 0 Å². The second-order valence-corrected chi connectivity index (χ2v) is 6.44. The molecule has 3 rings (SSSR count). The fourth-order valence-corrected chi connectivity index (χ4v) is 3.07. The third kappa shape index (κ3) is 3.27. The molecule has 24 heavy (non-hydrogen) atoms. The van der Waals surface area contributed by atoms with Gasteiger partial charge >= 0.3 is 0 Å². The van der Waals surface area contributed by atoms with E-state index in [1.807, 2.05) is 6.07 Å². The van der Waals surface area contributed by atoms with Crippen molar-refractivity contribution in [2.45, 2.75) is 0 Å². The monoisotopic (exact) mass is 406 g/mol. The number of nitrogens with zero attached hydrogens (tertiary/aromatic N) is 2. The largest absolute Gasteiger partial charge is 0.345 e. The predicted molar refractivity (Wildman–Crippen MR) is 94.8 cm³/mol. The Kier molecular flexibility index (Phi) is 4.55. The molecule has 2 amide bonds. The summed E-state index contributed by atoms with van der Waals surface area (Å²) in [6, 6.07) is 8.45. The normalized spacial score (nSPS) is 10.6. The zero-order valence-corrected chi connectivity index (χ0v) is 14.9. The summed E-state index contributed by atoms with van der Waals surface area (Å²) in [4.78, 5) is 28.7. The second-order valence-electron chi connectivity index (χ2n) is 5.09. The third-order valence-electron chi connectivity index (χ3n) is 3.41. The minimum absolute atomic E-state index is 0.284. The van der Waals surface area contributed by atoms with Gasteiger partial charge in [-0.15, -0.1) is 0 Å². The third-order valence-corrected chi connectivity index (χ3v) is 4.06. The smallest absolute Gasteiger partial charge is 0.286 e. The molecule has 2 heterocycles. The van der Waals surface area contributed by atoms with Gasteiger partial charge in [0.25, 0.3) is 11.8 Å². The number of benzene rings is 1. The predicted octanol–water partition coefficient (Wildman–Crippen LogP) is 3.06. The van der Waals surface area contributed by atoms with Crippen LogP contribution in [0.4, 0.5) is 0 Å². The van der Waals surface area contributed by atoms with Crippen LogP contribution in [-0.2, 0) is 7.05 Å². The number of hydrazine groups is 1. The van der Waals surface area contributed by atoms with Crippen LogP contribution < -0.4 is 10.9 Å². The van der Waals surface area contributed by atoms with Crippen molar-refractivity contribution in [2.75, 3.05) is 0 Å². The highest BCUT2D eigenvalue weighted by atomic mass is 79.9. The Bertz CT molecular complexity index is 954. The molecule has 0 aliphatic carbocycles. The molecule has 0 atom stereocenters. The van der Waals surface area contributed by atoms with Gasteiger partial charge in [0.15, 0.2) is 0 Å². The molecule has 0 aliphatic rings. The summed E-state index contributed by atoms with van der Waals surface area (Å²) in [7, 11) is 1.73. The van der Waals surface area contributed by atoms with Crippen molar-refractivity contribution in [3.05, 3.63) is 63.5 Å². The number of hydrogen-bond acceptors (Lipinski definition) is 3. The number of halogens is 2. The van der Waals surface area contributed by atoms with Crippen molar-refractivity contribution in [3.63, 3.8) is 0 Å². The quantitative estimate of drug-likeness (QED) is 0.641. The van der Waals surface area contributed by atoms with Gasteiger partial charge < -0.3 is 4.57 Å². The number of rotatable bonds is 2. The summed E-state index contributed by atoms with van der Waals surface area (Å²) in [5.41, 5.74) is 5.96. The van der Waals surface area contributed by atoms with E-state index in [2.05, 4.69) is 31.8 Å². The number of nitrogens with one attached hydrogen (secondary N) is 2. The molecule has 122 valence electrons. The van der Waals surface area contributed by atoms with Crippen LogP contribution in [0.25, 0.3) is 10.9 Å². The van der Waals surface area contributed by atoms with E-state index in [-0.39, 0.29) is 5.56 Å². The lowest BCUT2D eigenvalue weighted by molar-refractivity contribution is 0.0843. The van der Waals surface area contributed by atoms with Gasteiger partial charge in [-0.25, -0.2) is 0 Å². The van der Waals surface area contributed by atoms with Crippen molar-refractivity contribution >= 4 is 50.2 Å². The average Bonchev–Trinajstić information content (AvgIpc) is 2.90. The van der Waals surface area contributed by atoms with Gasteiger partial charge in [-0.3, -0.25) is 25.4 Å². The van der Waals surface area contributed by atoms with Crippen molar-refractivity contribution in [2.24, 2.45) is 7.05 Å². The van der Waals surface area contributed by atoms with Gasteiger partial charge in [0, 0.05) is 34.3 Å². The van der Waals surface area contributed by atoms with Gasteiger partial charge in [-0.1, -0.05) is 17.7 Å². The molecular formula is C16H12BrClN4O2. The Morgan fingerprint density at radius 2 is 1.96 bits per heavy atom. The number of carbonyl (C=O) groups excluding carboxylic acids is 2. The zero-order valence-electron chi connectivity index (χ0n) is 12.5. The van der Waals surface area contributed by atoms with Crippen molar-refractivity contribution in [1.29, 1.82) is 0 Å². The number of aromatic nitrogens is 2. The lowest BCUT2D eigenvalue weighted by Gasteiger charge is -2.10. The maximum atomic E-state index is 12.4. The van der Waals surface area contributed by atoms with Gasteiger partial charge in [0.2, 0.25) is 0 Å². The van der Waals surface area contributed by atoms with E-state index < -0.39 is 11.8 Å². The topological polar surface area (TPSA) is 76.0 Å². The number of pyridine rings is 1. The van der Waals surface area contributed by atoms with Crippen LogP contribution in [0.2, 0.25) is 5.02 Å². The first-order valence-corrected chi connectivity index (χ1v) is 8.09. The molecule has 0 unspecified atom stereocenters. The van der Waals surface area contributed by atoms with E-state index in [0.717, 1.165) is 9.86 Å². The van der Waals surface area contributed by atoms with Gasteiger partial charge in [0.1, 0.15) is 5.69 Å². The Morgan fingerprint density at radius 3 is 2.67 bits per heavy atom. The van der Waals surface area contributed by atoms with Crippen LogP contribution in [0.3, 0.4) is 0 Å². The minimum atomic E-state index is -0.497. The first-order valence-electron chi connectivity index (χ1n) is 6.92. The zero-order chi connectivity index (χ0) is 17.3. The Morgan fingerprint density at radius 1 is 1.21 bits per heavy atom. The van der Waals surface area contributed by atoms with E-state index in [4.69, 9.17) is 11.6 Å². The SMILES string of the molecule is Cn1cc(Br)cc1C(=O)NNC(=O)c1cc(Cl)cc2cccnc12. The van der Waals surface area contributed by atoms with Gasteiger partial charge in [0.05, 0.1) is 11.1 Å². The molecule has 0 saturated carbocycles. The summed E-state index contributed by atoms with van der Waals surface area (Å²) in [5, 5.41) is 1.16. The summed E-state index contributed by atoms with van der Waals surface area (Å²) >= 11 is 9.34. The molecule has 0 saturated heterocycles. The van der Waals surface area contributed by atoms with Crippen LogP contribution in [0.5, 0.6) is 0 Å². The molecule has 2 N–H and O–H groups in total. The fraction of sp³-hybridized carbons (Fsp3) is 0.0625. The maximum absolute atomic E-state index is 12.4. The minimum Gasteiger partial charge on any atom is -0.345 e. The maximum Gasteiger partial charge on any atom is 0.286 e. The molecule has 8 heteroatoms. The van der Waals surface area contributed by atoms with E-state index in [9.17, 15) is 9.59 Å². The van der Waals surface area contributed by atoms with Crippen LogP contribution in [0.15, 0.2) is 47.2 Å². The molecule has 0 spiro atoms. The second kappa shape index (κ2) is 6.62. The van der Waals surface area contributed by atoms with Crippen LogP contribution in [0.1, 0.15) is 20.8 Å². The van der Waals surface area contributed by atoms with E-state index >= 15 is 0 Å². The lowest BCUT2D eigenvalue weighted by atomic mass is 10.1. The Labute approximate surface area is 150 Å². The standard InChI is InChI=1S/C16H12BrClN4O2/c1-22-8-10(17)6-13(22)16(24)21-20-15(23)12-7-11(18)5-9-3-2-4-19-14(9)12/h2-8H,1H3,(H,20,23)(H,21,24). The van der Waals surface area contributed by atoms with Gasteiger partial charge in [-0.05, 0) is 40.2 Å². The molecular weight excluding hydrogens is 396 g/mol. The number of amides is 2. The van der Waals surface area contributed by atoms with E-state index in [1.54, 1.807) is 42.2 Å². The molecule has 0 radical (unpaired) electrons. The lowest BCUT2D eigenvalue weighted by Crippen LogP contribution is -2.42. The first-order chi connectivity index (χ1) is 11.5. The summed E-state index contributed by atoms with van der Waals surface area (Å²) in [6.07, 6.45) is 3.33. The molecule has 0 aliphatic heterocycles. The first kappa shape index (κ1) is 16.5. The fourth-order valence-electron chi connectivity index (χ4n) is 2.32. The summed E-state index contributed by atoms with van der Waals surface area (Å²) in [6.45, 7) is 0.